The Kier molecular flexibility index (Phi) is 5.81. The van der Waals surface area contributed by atoms with Crippen molar-refractivity contribution in [3.63, 3.8) is 0 Å². The van der Waals surface area contributed by atoms with Crippen molar-refractivity contribution in [1.82, 2.24) is 10.2 Å². The number of benzene rings is 2. The summed E-state index contributed by atoms with van der Waals surface area (Å²) in [6.45, 7) is 5.18. The first kappa shape index (κ1) is 19.5. The smallest absolute Gasteiger partial charge is 0.323 e. The van der Waals surface area contributed by atoms with Crippen LogP contribution < -0.4 is 16.0 Å². The summed E-state index contributed by atoms with van der Waals surface area (Å²) < 4.78 is 0. The molecule has 2 aromatic carbocycles. The molecule has 2 aliphatic heterocycles. The Morgan fingerprint density at radius 2 is 1.79 bits per heavy atom. The summed E-state index contributed by atoms with van der Waals surface area (Å²) in [7, 11) is 0. The number of fused-ring (bicyclic) bond motifs is 1. The van der Waals surface area contributed by atoms with E-state index in [-0.39, 0.29) is 17.9 Å². The van der Waals surface area contributed by atoms with E-state index in [4.69, 9.17) is 0 Å². The average Bonchev–Trinajstić information content (AvgIpc) is 2.75. The van der Waals surface area contributed by atoms with Crippen molar-refractivity contribution < 1.29 is 9.59 Å². The zero-order valence-electron chi connectivity index (χ0n) is 16.8. The quantitative estimate of drug-likeness (QED) is 0.748. The first-order valence-corrected chi connectivity index (χ1v) is 10.3. The van der Waals surface area contributed by atoms with Crippen LogP contribution >= 0.6 is 0 Å². The summed E-state index contributed by atoms with van der Waals surface area (Å²) >= 11 is 0. The molecule has 0 aromatic heterocycles. The van der Waals surface area contributed by atoms with Crippen molar-refractivity contribution in [2.75, 3.05) is 30.3 Å². The molecule has 1 fully saturated rings. The van der Waals surface area contributed by atoms with Crippen LogP contribution in [0.5, 0.6) is 0 Å². The van der Waals surface area contributed by atoms with Crippen LogP contribution in [0.1, 0.15) is 29.5 Å². The second kappa shape index (κ2) is 8.66. The summed E-state index contributed by atoms with van der Waals surface area (Å²) in [6.07, 6.45) is 2.60. The van der Waals surface area contributed by atoms with Gasteiger partial charge in [-0.1, -0.05) is 29.8 Å². The molecule has 29 heavy (non-hydrogen) atoms. The van der Waals surface area contributed by atoms with Crippen LogP contribution in [0.3, 0.4) is 0 Å². The molecule has 0 unspecified atom stereocenters. The molecule has 3 N–H and O–H groups in total. The first-order chi connectivity index (χ1) is 14.1. The summed E-state index contributed by atoms with van der Waals surface area (Å²) in [5.41, 5.74) is 4.97. The minimum absolute atomic E-state index is 0.138. The van der Waals surface area contributed by atoms with Crippen molar-refractivity contribution >= 4 is 23.3 Å². The number of carbonyl (C=O) groups is 2. The second-order valence-electron chi connectivity index (χ2n) is 7.92. The fraction of sp³-hybridized carbons (Fsp3) is 0.391. The fourth-order valence-corrected chi connectivity index (χ4v) is 4.16. The van der Waals surface area contributed by atoms with Gasteiger partial charge in [-0.05, 0) is 68.6 Å². The normalized spacial score (nSPS) is 16.8. The van der Waals surface area contributed by atoms with E-state index in [1.54, 1.807) is 0 Å². The number of amides is 3. The lowest BCUT2D eigenvalue weighted by atomic mass is 9.93. The number of piperidine rings is 1. The van der Waals surface area contributed by atoms with E-state index in [0.717, 1.165) is 60.4 Å². The number of aryl methyl sites for hydroxylation is 1. The van der Waals surface area contributed by atoms with Crippen LogP contribution in [0.4, 0.5) is 16.2 Å². The first-order valence-electron chi connectivity index (χ1n) is 10.3. The molecule has 2 aliphatic rings. The van der Waals surface area contributed by atoms with Gasteiger partial charge in [0.25, 0.3) is 0 Å². The van der Waals surface area contributed by atoms with Gasteiger partial charge < -0.3 is 20.9 Å². The van der Waals surface area contributed by atoms with Gasteiger partial charge >= 0.3 is 6.03 Å². The minimum Gasteiger partial charge on any atom is -0.338 e. The Morgan fingerprint density at radius 1 is 1.03 bits per heavy atom. The van der Waals surface area contributed by atoms with Gasteiger partial charge in [-0.3, -0.25) is 4.79 Å². The summed E-state index contributed by atoms with van der Waals surface area (Å²) in [5, 5.41) is 9.17. The monoisotopic (exact) mass is 392 g/mol. The second-order valence-corrected chi connectivity index (χ2v) is 7.92. The number of anilines is 2. The summed E-state index contributed by atoms with van der Waals surface area (Å²) in [6, 6.07) is 13.4. The highest BCUT2D eigenvalue weighted by molar-refractivity contribution is 6.00. The zero-order chi connectivity index (χ0) is 20.2. The highest BCUT2D eigenvalue weighted by atomic mass is 16.2. The molecule has 2 aromatic rings. The number of nitrogens with one attached hydrogen (secondary N) is 3. The summed E-state index contributed by atoms with van der Waals surface area (Å²) in [4.78, 5) is 27.3. The number of hydrogen-bond acceptors (Lipinski definition) is 3. The third-order valence-corrected chi connectivity index (χ3v) is 5.82. The van der Waals surface area contributed by atoms with E-state index in [9.17, 15) is 9.59 Å². The van der Waals surface area contributed by atoms with E-state index in [2.05, 4.69) is 22.0 Å². The van der Waals surface area contributed by atoms with Crippen LogP contribution in [0.2, 0.25) is 0 Å². The van der Waals surface area contributed by atoms with Crippen LogP contribution in [0.25, 0.3) is 0 Å². The van der Waals surface area contributed by atoms with Gasteiger partial charge in [-0.25, -0.2) is 4.79 Å². The molecule has 0 spiro atoms. The van der Waals surface area contributed by atoms with Crippen LogP contribution in [-0.4, -0.2) is 36.5 Å². The highest BCUT2D eigenvalue weighted by Crippen LogP contribution is 2.28. The Bertz CT molecular complexity index is 888. The molecule has 1 saturated heterocycles. The van der Waals surface area contributed by atoms with Gasteiger partial charge in [0.2, 0.25) is 5.91 Å². The Hall–Kier alpha value is -2.86. The molecule has 0 aliphatic carbocycles. The number of nitrogens with zero attached hydrogens (tertiary/aromatic N) is 1. The van der Waals surface area contributed by atoms with E-state index < -0.39 is 0 Å². The molecule has 6 heteroatoms. The molecular weight excluding hydrogens is 364 g/mol. The molecule has 3 amide bonds. The largest absolute Gasteiger partial charge is 0.338 e. The number of hydrogen-bond donors (Lipinski definition) is 3. The van der Waals surface area contributed by atoms with Gasteiger partial charge in [-0.15, -0.1) is 0 Å². The molecule has 0 radical (unpaired) electrons. The third kappa shape index (κ3) is 4.59. The topological polar surface area (TPSA) is 73.5 Å². The lowest BCUT2D eigenvalue weighted by Crippen LogP contribution is -2.43. The summed E-state index contributed by atoms with van der Waals surface area (Å²) in [5.74, 6) is 0.409. The standard InChI is InChI=1S/C23H28N4O2/c1-16-5-7-19(8-6-16)25-23(29)26-21-4-2-3-18-15-27(14-11-20(18)21)22(28)17-9-12-24-13-10-17/h2-8,17,24H,9-15H2,1H3,(H2,25,26,29). The van der Waals surface area contributed by atoms with Gasteiger partial charge in [0.15, 0.2) is 0 Å². The van der Waals surface area contributed by atoms with Crippen molar-refractivity contribution in [1.29, 1.82) is 0 Å². The number of urea groups is 1. The van der Waals surface area contributed by atoms with Crippen molar-refractivity contribution in [2.45, 2.75) is 32.7 Å². The number of carbonyl (C=O) groups excluding carboxylic acids is 2. The Morgan fingerprint density at radius 3 is 2.55 bits per heavy atom. The molecule has 4 rings (SSSR count). The highest BCUT2D eigenvalue weighted by Gasteiger charge is 2.29. The van der Waals surface area contributed by atoms with Gasteiger partial charge in [0, 0.05) is 30.4 Å². The van der Waals surface area contributed by atoms with E-state index in [1.807, 2.05) is 48.2 Å². The number of rotatable bonds is 3. The van der Waals surface area contributed by atoms with Gasteiger partial charge in [0.1, 0.15) is 0 Å². The molecule has 0 atom stereocenters. The van der Waals surface area contributed by atoms with Crippen LogP contribution in [0.15, 0.2) is 42.5 Å². The molecular formula is C23H28N4O2. The predicted octanol–water partition coefficient (Wildman–Crippen LogP) is 3.52. The van der Waals surface area contributed by atoms with Gasteiger partial charge in [-0.2, -0.15) is 0 Å². The molecule has 0 saturated carbocycles. The third-order valence-electron chi connectivity index (χ3n) is 5.82. The van der Waals surface area contributed by atoms with Crippen molar-refractivity contribution in [2.24, 2.45) is 5.92 Å². The van der Waals surface area contributed by atoms with Crippen LogP contribution in [-0.2, 0) is 17.8 Å². The molecule has 152 valence electrons. The SMILES string of the molecule is Cc1ccc(NC(=O)Nc2cccc3c2CCN(C(=O)C2CCNCC2)C3)cc1. The zero-order valence-corrected chi connectivity index (χ0v) is 16.8. The molecule has 6 nitrogen and oxygen atoms in total. The lowest BCUT2D eigenvalue weighted by molar-refractivity contribution is -0.137. The van der Waals surface area contributed by atoms with Crippen molar-refractivity contribution in [3.05, 3.63) is 59.2 Å². The molecule has 2 heterocycles. The van der Waals surface area contributed by atoms with E-state index in [1.165, 1.54) is 0 Å². The average molecular weight is 393 g/mol. The maximum atomic E-state index is 12.9. The maximum Gasteiger partial charge on any atom is 0.323 e. The molecule has 0 bridgehead atoms. The fourth-order valence-electron chi connectivity index (χ4n) is 4.16. The van der Waals surface area contributed by atoms with Gasteiger partial charge in [0.05, 0.1) is 0 Å². The Labute approximate surface area is 171 Å². The minimum atomic E-state index is -0.254. The van der Waals surface area contributed by atoms with Crippen molar-refractivity contribution in [3.8, 4) is 0 Å². The van der Waals surface area contributed by atoms with Crippen LogP contribution in [0, 0.1) is 12.8 Å². The van der Waals surface area contributed by atoms with E-state index in [0.29, 0.717) is 13.1 Å². The lowest BCUT2D eigenvalue weighted by Gasteiger charge is -2.34. The van der Waals surface area contributed by atoms with E-state index >= 15 is 0 Å². The predicted molar refractivity (Wildman–Crippen MR) is 115 cm³/mol. The maximum absolute atomic E-state index is 12.9. The Balaban J connectivity index is 1.42.